The van der Waals surface area contributed by atoms with Gasteiger partial charge in [-0.25, -0.2) is 9.97 Å². The second kappa shape index (κ2) is 5.90. The van der Waals surface area contributed by atoms with E-state index in [-0.39, 0.29) is 5.91 Å². The van der Waals surface area contributed by atoms with Crippen molar-refractivity contribution in [3.63, 3.8) is 0 Å². The Kier molecular flexibility index (Phi) is 3.22. The lowest BCUT2D eigenvalue weighted by molar-refractivity contribution is 0.102. The van der Waals surface area contributed by atoms with Crippen LogP contribution >= 0.6 is 0 Å². The van der Waals surface area contributed by atoms with Crippen molar-refractivity contribution in [1.29, 1.82) is 0 Å². The third-order valence-corrected chi connectivity index (χ3v) is 5.24. The topological polar surface area (TPSA) is 64.7 Å². The average molecular weight is 377 g/mol. The zero-order chi connectivity index (χ0) is 19.4. The average Bonchev–Trinajstić information content (AvgIpc) is 3.40. The van der Waals surface area contributed by atoms with Crippen LogP contribution < -0.4 is 5.32 Å². The molecular formula is C23H15N5O. The van der Waals surface area contributed by atoms with E-state index in [0.29, 0.717) is 5.56 Å². The summed E-state index contributed by atoms with van der Waals surface area (Å²) in [6.07, 6.45) is 5.43. The third-order valence-electron chi connectivity index (χ3n) is 5.24. The van der Waals surface area contributed by atoms with E-state index in [1.54, 1.807) is 12.5 Å². The molecule has 6 rings (SSSR count). The van der Waals surface area contributed by atoms with Crippen molar-refractivity contribution in [3.05, 3.63) is 91.0 Å². The Labute approximate surface area is 166 Å². The summed E-state index contributed by atoms with van der Waals surface area (Å²) in [5.41, 5.74) is 5.90. The molecule has 3 heterocycles. The van der Waals surface area contributed by atoms with Crippen molar-refractivity contribution >= 4 is 22.6 Å². The van der Waals surface area contributed by atoms with E-state index < -0.39 is 0 Å². The summed E-state index contributed by atoms with van der Waals surface area (Å²) < 4.78 is 4.03. The van der Waals surface area contributed by atoms with Crippen LogP contribution in [-0.4, -0.2) is 25.0 Å². The summed E-state index contributed by atoms with van der Waals surface area (Å²) in [6, 6.07) is 21.6. The van der Waals surface area contributed by atoms with Gasteiger partial charge >= 0.3 is 0 Å². The van der Waals surface area contributed by atoms with Gasteiger partial charge in [0.1, 0.15) is 5.82 Å². The number of aromatic nitrogens is 4. The smallest absolute Gasteiger partial charge is 0.257 e. The highest BCUT2D eigenvalue weighted by Gasteiger charge is 2.25. The lowest BCUT2D eigenvalue weighted by Crippen LogP contribution is -2.10. The van der Waals surface area contributed by atoms with E-state index in [4.69, 9.17) is 4.98 Å². The van der Waals surface area contributed by atoms with Crippen molar-refractivity contribution in [2.45, 2.75) is 0 Å². The normalized spacial score (nSPS) is 12.5. The number of anilines is 1. The number of hydrogen-bond acceptors (Lipinski definition) is 3. The van der Waals surface area contributed by atoms with E-state index in [1.165, 1.54) is 0 Å². The molecule has 1 aliphatic heterocycles. The molecule has 0 aliphatic carbocycles. The monoisotopic (exact) mass is 377 g/mol. The Hall–Kier alpha value is -4.19. The Balaban J connectivity index is 1.63. The van der Waals surface area contributed by atoms with Gasteiger partial charge in [0.15, 0.2) is 0 Å². The lowest BCUT2D eigenvalue weighted by Gasteiger charge is -2.12. The second-order valence-corrected chi connectivity index (χ2v) is 6.93. The van der Waals surface area contributed by atoms with Crippen LogP contribution in [0.2, 0.25) is 0 Å². The SMILES string of the molecule is O=C1Nc2ccccc2-n2c(-c3ccc(-n4ccnc4)cc3)nc3cccc1c32. The second-order valence-electron chi connectivity index (χ2n) is 6.93. The molecule has 0 bridgehead atoms. The summed E-state index contributed by atoms with van der Waals surface area (Å²) in [7, 11) is 0. The van der Waals surface area contributed by atoms with Crippen molar-refractivity contribution < 1.29 is 4.79 Å². The standard InChI is InChI=1S/C23H15N5O/c29-23-17-4-3-6-19-21(17)28(20-7-2-1-5-18(20)26-23)22(25-19)15-8-10-16(11-9-15)27-13-12-24-14-27/h1-14H,(H,26,29). The molecule has 0 fully saturated rings. The largest absolute Gasteiger partial charge is 0.320 e. The number of rotatable bonds is 2. The first-order valence-electron chi connectivity index (χ1n) is 9.30. The van der Waals surface area contributed by atoms with Crippen molar-refractivity contribution in [3.8, 4) is 22.8 Å². The van der Waals surface area contributed by atoms with Crippen LogP contribution in [0.1, 0.15) is 10.4 Å². The number of carbonyl (C=O) groups excluding carboxylic acids is 1. The molecule has 6 heteroatoms. The van der Waals surface area contributed by atoms with Crippen molar-refractivity contribution in [2.75, 3.05) is 5.32 Å². The molecule has 0 atom stereocenters. The molecule has 0 spiro atoms. The number of amides is 1. The molecule has 1 amide bonds. The summed E-state index contributed by atoms with van der Waals surface area (Å²) in [4.78, 5) is 21.8. The van der Waals surface area contributed by atoms with Gasteiger partial charge in [0, 0.05) is 23.6 Å². The number of imidazole rings is 2. The number of carbonyl (C=O) groups is 1. The fourth-order valence-corrected chi connectivity index (χ4v) is 3.90. The zero-order valence-electron chi connectivity index (χ0n) is 15.3. The van der Waals surface area contributed by atoms with E-state index in [1.807, 2.05) is 77.5 Å². The molecule has 138 valence electrons. The number of benzene rings is 3. The number of para-hydroxylation sites is 3. The van der Waals surface area contributed by atoms with Gasteiger partial charge in [-0.1, -0.05) is 18.2 Å². The third kappa shape index (κ3) is 2.32. The fraction of sp³-hybridized carbons (Fsp3) is 0. The van der Waals surface area contributed by atoms with Crippen LogP contribution in [0, 0.1) is 0 Å². The highest BCUT2D eigenvalue weighted by atomic mass is 16.1. The number of nitrogens with zero attached hydrogens (tertiary/aromatic N) is 4. The van der Waals surface area contributed by atoms with E-state index >= 15 is 0 Å². The van der Waals surface area contributed by atoms with Gasteiger partial charge in [0.05, 0.1) is 34.3 Å². The Morgan fingerprint density at radius 2 is 1.76 bits per heavy atom. The van der Waals surface area contributed by atoms with Crippen LogP contribution in [0.15, 0.2) is 85.5 Å². The molecule has 29 heavy (non-hydrogen) atoms. The maximum absolute atomic E-state index is 12.8. The molecule has 1 aliphatic rings. The van der Waals surface area contributed by atoms with Crippen LogP contribution in [0.3, 0.4) is 0 Å². The van der Waals surface area contributed by atoms with E-state index in [9.17, 15) is 4.79 Å². The molecule has 5 aromatic rings. The van der Waals surface area contributed by atoms with Gasteiger partial charge in [-0.15, -0.1) is 0 Å². The number of hydrogen-bond donors (Lipinski definition) is 1. The Morgan fingerprint density at radius 3 is 2.59 bits per heavy atom. The minimum Gasteiger partial charge on any atom is -0.320 e. The van der Waals surface area contributed by atoms with Crippen molar-refractivity contribution in [2.24, 2.45) is 0 Å². The Bertz CT molecular complexity index is 1380. The fourth-order valence-electron chi connectivity index (χ4n) is 3.90. The van der Waals surface area contributed by atoms with Gasteiger partial charge in [0.25, 0.3) is 5.91 Å². The van der Waals surface area contributed by atoms with Gasteiger partial charge in [0.2, 0.25) is 0 Å². The van der Waals surface area contributed by atoms with Crippen LogP contribution in [-0.2, 0) is 0 Å². The summed E-state index contributed by atoms with van der Waals surface area (Å²) >= 11 is 0. The van der Waals surface area contributed by atoms with Gasteiger partial charge in [-0.05, 0) is 48.5 Å². The molecule has 2 aromatic heterocycles. The minimum absolute atomic E-state index is 0.122. The summed E-state index contributed by atoms with van der Waals surface area (Å²) in [6.45, 7) is 0. The molecule has 6 nitrogen and oxygen atoms in total. The molecular weight excluding hydrogens is 362 g/mol. The summed E-state index contributed by atoms with van der Waals surface area (Å²) in [5, 5.41) is 3.02. The zero-order valence-corrected chi connectivity index (χ0v) is 15.3. The molecule has 0 saturated carbocycles. The molecule has 0 saturated heterocycles. The summed E-state index contributed by atoms with van der Waals surface area (Å²) in [5.74, 6) is 0.678. The molecule has 0 unspecified atom stereocenters. The predicted octanol–water partition coefficient (Wildman–Crippen LogP) is 4.44. The van der Waals surface area contributed by atoms with Crippen LogP contribution in [0.4, 0.5) is 5.69 Å². The van der Waals surface area contributed by atoms with Crippen LogP contribution in [0.25, 0.3) is 33.8 Å². The molecule has 1 N–H and O–H groups in total. The Morgan fingerprint density at radius 1 is 0.897 bits per heavy atom. The lowest BCUT2D eigenvalue weighted by atomic mass is 10.1. The predicted molar refractivity (Wildman–Crippen MR) is 112 cm³/mol. The van der Waals surface area contributed by atoms with Crippen molar-refractivity contribution in [1.82, 2.24) is 19.1 Å². The quantitative estimate of drug-likeness (QED) is 0.494. The number of nitrogens with one attached hydrogen (secondary N) is 1. The van der Waals surface area contributed by atoms with Gasteiger partial charge in [-0.3, -0.25) is 9.36 Å². The molecule has 0 radical (unpaired) electrons. The minimum atomic E-state index is -0.122. The first-order valence-corrected chi connectivity index (χ1v) is 9.30. The first-order chi connectivity index (χ1) is 14.3. The highest BCUT2D eigenvalue weighted by Crippen LogP contribution is 2.36. The maximum atomic E-state index is 12.8. The highest BCUT2D eigenvalue weighted by molar-refractivity contribution is 6.14. The maximum Gasteiger partial charge on any atom is 0.257 e. The van der Waals surface area contributed by atoms with Crippen LogP contribution in [0.5, 0.6) is 0 Å². The number of fused-ring (bicyclic) bond motifs is 2. The van der Waals surface area contributed by atoms with E-state index in [0.717, 1.165) is 39.5 Å². The first kappa shape index (κ1) is 15.8. The van der Waals surface area contributed by atoms with Gasteiger partial charge < -0.3 is 9.88 Å². The molecule has 3 aromatic carbocycles. The van der Waals surface area contributed by atoms with Gasteiger partial charge in [-0.2, -0.15) is 0 Å². The van der Waals surface area contributed by atoms with E-state index in [2.05, 4.69) is 14.9 Å².